The van der Waals surface area contributed by atoms with E-state index in [0.29, 0.717) is 21.3 Å². The van der Waals surface area contributed by atoms with Crippen LogP contribution in [0.15, 0.2) is 48.5 Å². The summed E-state index contributed by atoms with van der Waals surface area (Å²) in [6.07, 6.45) is 3.46. The van der Waals surface area contributed by atoms with Crippen molar-refractivity contribution >= 4 is 46.6 Å². The van der Waals surface area contributed by atoms with E-state index in [2.05, 4.69) is 10.6 Å². The topological polar surface area (TPSA) is 78.5 Å². The lowest BCUT2D eigenvalue weighted by Gasteiger charge is -2.48. The number of rotatable bonds is 4. The quantitative estimate of drug-likeness (QED) is 0.715. The van der Waals surface area contributed by atoms with Crippen molar-refractivity contribution in [1.29, 1.82) is 0 Å². The van der Waals surface area contributed by atoms with Gasteiger partial charge < -0.3 is 15.5 Å². The molecule has 162 valence electrons. The molecule has 1 aliphatic heterocycles. The highest BCUT2D eigenvalue weighted by atomic mass is 35.5. The predicted octanol–water partition coefficient (Wildman–Crippen LogP) is 4.27. The number of halogens is 2. The van der Waals surface area contributed by atoms with Crippen LogP contribution in [0.4, 0.5) is 5.69 Å². The minimum Gasteiger partial charge on any atom is -0.349 e. The molecule has 3 atom stereocenters. The van der Waals surface area contributed by atoms with Gasteiger partial charge in [0.25, 0.3) is 5.91 Å². The number of carbonyl (C=O) groups excluding carboxylic acids is 3. The molecule has 0 spiro atoms. The van der Waals surface area contributed by atoms with E-state index in [9.17, 15) is 14.4 Å². The van der Waals surface area contributed by atoms with Crippen molar-refractivity contribution in [2.45, 2.75) is 50.2 Å². The lowest BCUT2D eigenvalue weighted by atomic mass is 9.84. The molecule has 2 aliphatic rings. The van der Waals surface area contributed by atoms with E-state index in [-0.39, 0.29) is 30.3 Å². The third-order valence-corrected chi connectivity index (χ3v) is 6.27. The Balaban J connectivity index is 1.59. The normalized spacial score (nSPS) is 23.0. The highest BCUT2D eigenvalue weighted by Crippen LogP contribution is 2.31. The van der Waals surface area contributed by atoms with Crippen LogP contribution >= 0.6 is 23.2 Å². The molecule has 0 aromatic heterocycles. The number of fused-ring (bicyclic) bond motifs is 1. The Labute approximate surface area is 190 Å². The summed E-state index contributed by atoms with van der Waals surface area (Å²) in [6, 6.07) is 12.5. The third-order valence-electron chi connectivity index (χ3n) is 5.83. The number of hydrogen-bond acceptors (Lipinski definition) is 3. The summed E-state index contributed by atoms with van der Waals surface area (Å²) >= 11 is 12.0. The number of benzene rings is 2. The van der Waals surface area contributed by atoms with Gasteiger partial charge in [-0.15, -0.1) is 0 Å². The second kappa shape index (κ2) is 9.28. The second-order valence-electron chi connectivity index (χ2n) is 7.97. The molecule has 1 heterocycles. The highest BCUT2D eigenvalue weighted by molar-refractivity contribution is 6.35. The van der Waals surface area contributed by atoms with Crippen molar-refractivity contribution < 1.29 is 14.4 Å². The summed E-state index contributed by atoms with van der Waals surface area (Å²) in [7, 11) is 0. The largest absolute Gasteiger partial charge is 0.349 e. The fraction of sp³-hybridized carbons (Fsp3) is 0.348. The Kier molecular flexibility index (Phi) is 6.49. The monoisotopic (exact) mass is 459 g/mol. The van der Waals surface area contributed by atoms with Gasteiger partial charge in [-0.05, 0) is 43.2 Å². The lowest BCUT2D eigenvalue weighted by Crippen LogP contribution is -2.68. The minimum absolute atomic E-state index is 0.0834. The number of anilines is 1. The molecule has 1 aliphatic carbocycles. The average Bonchev–Trinajstić information content (AvgIpc) is 2.73. The van der Waals surface area contributed by atoms with Crippen LogP contribution in [0.1, 0.15) is 42.5 Å². The van der Waals surface area contributed by atoms with Gasteiger partial charge in [0.1, 0.15) is 6.04 Å². The molecule has 2 aromatic rings. The van der Waals surface area contributed by atoms with Gasteiger partial charge in [0.05, 0.1) is 12.5 Å². The molecule has 4 rings (SSSR count). The smallest absolute Gasteiger partial charge is 0.254 e. The molecule has 6 nitrogen and oxygen atoms in total. The van der Waals surface area contributed by atoms with Gasteiger partial charge in [0.2, 0.25) is 11.8 Å². The van der Waals surface area contributed by atoms with E-state index in [1.54, 1.807) is 47.4 Å². The van der Waals surface area contributed by atoms with Gasteiger partial charge in [-0.1, -0.05) is 54.2 Å². The first-order valence-electron chi connectivity index (χ1n) is 10.4. The van der Waals surface area contributed by atoms with Crippen LogP contribution in [-0.4, -0.2) is 40.7 Å². The summed E-state index contributed by atoms with van der Waals surface area (Å²) in [4.78, 5) is 40.8. The van der Waals surface area contributed by atoms with Gasteiger partial charge >= 0.3 is 0 Å². The molecule has 3 amide bonds. The molecule has 2 N–H and O–H groups in total. The van der Waals surface area contributed by atoms with E-state index in [1.165, 1.54) is 0 Å². The fourth-order valence-corrected chi connectivity index (χ4v) is 5.00. The van der Waals surface area contributed by atoms with Gasteiger partial charge in [0, 0.05) is 27.3 Å². The van der Waals surface area contributed by atoms with Gasteiger partial charge in [0.15, 0.2) is 0 Å². The zero-order valence-corrected chi connectivity index (χ0v) is 18.3. The van der Waals surface area contributed by atoms with Crippen LogP contribution in [0.2, 0.25) is 10.0 Å². The molecular weight excluding hydrogens is 437 g/mol. The summed E-state index contributed by atoms with van der Waals surface area (Å²) < 4.78 is 0. The number of hydrogen-bond donors (Lipinski definition) is 2. The molecule has 1 saturated carbocycles. The first kappa shape index (κ1) is 21.7. The number of carbonyl (C=O) groups is 3. The van der Waals surface area contributed by atoms with E-state index in [0.717, 1.165) is 25.7 Å². The van der Waals surface area contributed by atoms with Crippen LogP contribution in [0.25, 0.3) is 0 Å². The third kappa shape index (κ3) is 4.86. The number of nitrogens with zero attached hydrogens (tertiary/aromatic N) is 1. The Morgan fingerprint density at radius 3 is 2.42 bits per heavy atom. The molecular formula is C23H23Cl2N3O3. The molecule has 31 heavy (non-hydrogen) atoms. The highest BCUT2D eigenvalue weighted by Gasteiger charge is 2.46. The van der Waals surface area contributed by atoms with Gasteiger partial charge in [-0.3, -0.25) is 14.4 Å². The summed E-state index contributed by atoms with van der Waals surface area (Å²) in [5.41, 5.74) is 0.948. The van der Waals surface area contributed by atoms with E-state index in [1.807, 2.05) is 6.07 Å². The SMILES string of the molecule is O=C(CC1C(=O)NC2CCCCC2N1C(=O)c1ccccc1)Nc1cc(Cl)cc(Cl)c1. The maximum Gasteiger partial charge on any atom is 0.254 e. The minimum atomic E-state index is -0.887. The fourth-order valence-electron chi connectivity index (χ4n) is 4.48. The van der Waals surface area contributed by atoms with E-state index >= 15 is 0 Å². The maximum absolute atomic E-state index is 13.4. The lowest BCUT2D eigenvalue weighted by molar-refractivity contribution is -0.135. The average molecular weight is 460 g/mol. The molecule has 0 radical (unpaired) electrons. The molecule has 2 aromatic carbocycles. The first-order chi connectivity index (χ1) is 14.9. The predicted molar refractivity (Wildman–Crippen MR) is 120 cm³/mol. The van der Waals surface area contributed by atoms with Gasteiger partial charge in [-0.25, -0.2) is 0 Å². The van der Waals surface area contributed by atoms with Crippen molar-refractivity contribution in [3.05, 3.63) is 64.1 Å². The van der Waals surface area contributed by atoms with E-state index < -0.39 is 11.9 Å². The van der Waals surface area contributed by atoms with Crippen molar-refractivity contribution in [2.75, 3.05) is 5.32 Å². The van der Waals surface area contributed by atoms with Crippen LogP contribution in [0.3, 0.4) is 0 Å². The molecule has 3 unspecified atom stereocenters. The maximum atomic E-state index is 13.4. The Morgan fingerprint density at radius 2 is 1.71 bits per heavy atom. The molecule has 2 fully saturated rings. The van der Waals surface area contributed by atoms with Crippen molar-refractivity contribution in [3.8, 4) is 0 Å². The Bertz CT molecular complexity index is 979. The molecule has 8 heteroatoms. The van der Waals surface area contributed by atoms with Crippen LogP contribution in [0.5, 0.6) is 0 Å². The summed E-state index contributed by atoms with van der Waals surface area (Å²) in [5, 5.41) is 6.56. The first-order valence-corrected chi connectivity index (χ1v) is 11.1. The summed E-state index contributed by atoms with van der Waals surface area (Å²) in [6.45, 7) is 0. The zero-order valence-electron chi connectivity index (χ0n) is 16.8. The Hall–Kier alpha value is -2.57. The second-order valence-corrected chi connectivity index (χ2v) is 8.84. The van der Waals surface area contributed by atoms with Gasteiger partial charge in [-0.2, -0.15) is 0 Å². The molecule has 1 saturated heterocycles. The van der Waals surface area contributed by atoms with Crippen LogP contribution < -0.4 is 10.6 Å². The summed E-state index contributed by atoms with van der Waals surface area (Å²) in [5.74, 6) is -0.915. The van der Waals surface area contributed by atoms with Crippen LogP contribution in [0, 0.1) is 0 Å². The van der Waals surface area contributed by atoms with Crippen LogP contribution in [-0.2, 0) is 9.59 Å². The zero-order chi connectivity index (χ0) is 22.0. The molecule has 0 bridgehead atoms. The standard InChI is InChI=1S/C23H23Cl2N3O3/c24-15-10-16(25)12-17(11-15)26-21(29)13-20-22(30)27-18-8-4-5-9-19(18)28(20)23(31)14-6-2-1-3-7-14/h1-3,6-7,10-12,18-20H,4-5,8-9,13H2,(H,26,29)(H,27,30). The van der Waals surface area contributed by atoms with Crippen molar-refractivity contribution in [3.63, 3.8) is 0 Å². The van der Waals surface area contributed by atoms with E-state index in [4.69, 9.17) is 23.2 Å². The number of piperazine rings is 1. The van der Waals surface area contributed by atoms with Crippen molar-refractivity contribution in [2.24, 2.45) is 0 Å². The van der Waals surface area contributed by atoms with Crippen molar-refractivity contribution in [1.82, 2.24) is 10.2 Å². The number of amides is 3. The number of nitrogens with one attached hydrogen (secondary N) is 2. The Morgan fingerprint density at radius 1 is 1.03 bits per heavy atom.